The van der Waals surface area contributed by atoms with E-state index in [0.717, 1.165) is 57.8 Å². The molecule has 0 aliphatic rings. The normalized spacial score (nSPS) is 13.4. The number of nitrogens with one attached hydrogen (secondary N) is 1. The smallest absolute Gasteiger partial charge is 0.306 e. The fourth-order valence-corrected chi connectivity index (χ4v) is 7.83. The molecule has 0 radical (unpaired) electrons. The van der Waals surface area contributed by atoms with Gasteiger partial charge >= 0.3 is 5.97 Å². The fraction of sp³-hybridized carbons (Fsp3) is 0.885. The van der Waals surface area contributed by atoms with Gasteiger partial charge in [0.15, 0.2) is 0 Å². The van der Waals surface area contributed by atoms with Crippen LogP contribution in [-0.4, -0.2) is 46.9 Å². The lowest BCUT2D eigenvalue weighted by atomic mass is 10.0. The van der Waals surface area contributed by atoms with Gasteiger partial charge in [0.05, 0.1) is 25.2 Å². The molecule has 0 fully saturated rings. The molecule has 0 rings (SSSR count). The summed E-state index contributed by atoms with van der Waals surface area (Å²) >= 11 is 0. The maximum atomic E-state index is 13.2. The van der Waals surface area contributed by atoms with Crippen LogP contribution in [0, 0.1) is 0 Å². The zero-order valence-electron chi connectivity index (χ0n) is 38.9. The van der Waals surface area contributed by atoms with E-state index in [1.165, 1.54) is 167 Å². The predicted octanol–water partition coefficient (Wildman–Crippen LogP) is 15.1. The first-order valence-electron chi connectivity index (χ1n) is 25.6. The first kappa shape index (κ1) is 56.3. The second-order valence-corrected chi connectivity index (χ2v) is 17.6. The molecule has 0 saturated carbocycles. The minimum absolute atomic E-state index is 0.0739. The number of rotatable bonds is 46. The number of aliphatic hydroxyl groups excluding tert-OH is 2. The van der Waals surface area contributed by atoms with Gasteiger partial charge in [-0.05, 0) is 77.0 Å². The molecule has 0 aliphatic carbocycles. The highest BCUT2D eigenvalue weighted by Crippen LogP contribution is 2.18. The fourth-order valence-electron chi connectivity index (χ4n) is 7.83. The van der Waals surface area contributed by atoms with Gasteiger partial charge in [-0.2, -0.15) is 0 Å². The maximum Gasteiger partial charge on any atom is 0.306 e. The Morgan fingerprint density at radius 1 is 0.483 bits per heavy atom. The number of allylic oxidation sites excluding steroid dienone is 4. The van der Waals surface area contributed by atoms with Gasteiger partial charge in [-0.1, -0.05) is 206 Å². The van der Waals surface area contributed by atoms with Crippen molar-refractivity contribution in [1.82, 2.24) is 5.32 Å². The van der Waals surface area contributed by atoms with Crippen LogP contribution in [0.3, 0.4) is 0 Å². The van der Waals surface area contributed by atoms with Crippen molar-refractivity contribution in [3.63, 3.8) is 0 Å². The average molecular weight is 818 g/mol. The van der Waals surface area contributed by atoms with Gasteiger partial charge < -0.3 is 20.3 Å². The Hall–Kier alpha value is -1.66. The molecule has 0 heterocycles. The predicted molar refractivity (Wildman–Crippen MR) is 250 cm³/mol. The van der Waals surface area contributed by atoms with Gasteiger partial charge in [0.25, 0.3) is 0 Å². The number of hydrogen-bond acceptors (Lipinski definition) is 5. The minimum atomic E-state index is -0.786. The van der Waals surface area contributed by atoms with Gasteiger partial charge in [-0.15, -0.1) is 0 Å². The van der Waals surface area contributed by atoms with Crippen LogP contribution in [0.2, 0.25) is 0 Å². The lowest BCUT2D eigenvalue weighted by molar-refractivity contribution is -0.151. The lowest BCUT2D eigenvalue weighted by Crippen LogP contribution is -2.46. The van der Waals surface area contributed by atoms with Crippen LogP contribution in [0.25, 0.3) is 0 Å². The Labute approximate surface area is 361 Å². The Morgan fingerprint density at radius 3 is 1.24 bits per heavy atom. The molecule has 0 aliphatic heterocycles. The summed E-state index contributed by atoms with van der Waals surface area (Å²) in [5.41, 5.74) is 0. The van der Waals surface area contributed by atoms with Gasteiger partial charge in [0.1, 0.15) is 6.10 Å². The SMILES string of the molecule is CCCCCC/C=C\CCCCCCCCCC(=O)OC(CCCCCCC/C=C\CCCCCC)CC(=O)NC(CO)C(O)CCCCCCCCCCCCC. The molecule has 58 heavy (non-hydrogen) atoms. The van der Waals surface area contributed by atoms with Crippen molar-refractivity contribution in [3.8, 4) is 0 Å². The summed E-state index contributed by atoms with van der Waals surface area (Å²) in [6, 6.07) is -0.700. The molecule has 0 aromatic carbocycles. The van der Waals surface area contributed by atoms with Gasteiger partial charge in [-0.3, -0.25) is 9.59 Å². The molecule has 6 nitrogen and oxygen atoms in total. The first-order valence-corrected chi connectivity index (χ1v) is 25.6. The molecular formula is C52H99NO5. The van der Waals surface area contributed by atoms with Crippen molar-refractivity contribution in [2.75, 3.05) is 6.61 Å². The van der Waals surface area contributed by atoms with E-state index in [0.29, 0.717) is 19.3 Å². The van der Waals surface area contributed by atoms with Crippen LogP contribution in [0.1, 0.15) is 271 Å². The molecule has 0 aromatic heterocycles. The monoisotopic (exact) mass is 818 g/mol. The zero-order valence-corrected chi connectivity index (χ0v) is 38.9. The average Bonchev–Trinajstić information content (AvgIpc) is 3.22. The third-order valence-electron chi connectivity index (χ3n) is 11.8. The van der Waals surface area contributed by atoms with Gasteiger partial charge in [0.2, 0.25) is 5.91 Å². The molecule has 3 N–H and O–H groups in total. The Morgan fingerprint density at radius 2 is 0.828 bits per heavy atom. The van der Waals surface area contributed by atoms with E-state index in [2.05, 4.69) is 50.4 Å². The van der Waals surface area contributed by atoms with E-state index in [1.807, 2.05) is 0 Å². The van der Waals surface area contributed by atoms with Gasteiger partial charge in [0, 0.05) is 6.42 Å². The van der Waals surface area contributed by atoms with Gasteiger partial charge in [-0.25, -0.2) is 0 Å². The maximum absolute atomic E-state index is 13.2. The number of carbonyl (C=O) groups excluding carboxylic acids is 2. The van der Waals surface area contributed by atoms with Crippen LogP contribution in [-0.2, 0) is 14.3 Å². The summed E-state index contributed by atoms with van der Waals surface area (Å²) in [7, 11) is 0. The van der Waals surface area contributed by atoms with E-state index < -0.39 is 18.2 Å². The molecule has 0 saturated heterocycles. The van der Waals surface area contributed by atoms with Crippen LogP contribution < -0.4 is 5.32 Å². The first-order chi connectivity index (χ1) is 28.5. The highest BCUT2D eigenvalue weighted by Gasteiger charge is 2.24. The summed E-state index contributed by atoms with van der Waals surface area (Å²) in [4.78, 5) is 26.1. The van der Waals surface area contributed by atoms with Crippen molar-refractivity contribution in [1.29, 1.82) is 0 Å². The van der Waals surface area contributed by atoms with Crippen molar-refractivity contribution in [2.24, 2.45) is 0 Å². The molecule has 3 atom stereocenters. The molecule has 0 aromatic rings. The highest BCUT2D eigenvalue weighted by molar-refractivity contribution is 5.77. The standard InChI is InChI=1S/C52H99NO5/c1-4-7-10-13-16-19-22-24-25-27-30-33-36-39-42-45-52(57)58-48(43-40-37-34-31-29-26-23-20-17-14-11-8-5-2)46-51(56)53-49(47-54)50(55)44-41-38-35-32-28-21-18-15-12-9-6-3/h19-20,22-23,48-50,54-55H,4-18,21,24-47H2,1-3H3,(H,53,56)/b22-19-,23-20-. The number of hydrogen-bond donors (Lipinski definition) is 3. The topological polar surface area (TPSA) is 95.9 Å². The van der Waals surface area contributed by atoms with E-state index in [-0.39, 0.29) is 24.9 Å². The zero-order chi connectivity index (χ0) is 42.4. The van der Waals surface area contributed by atoms with E-state index >= 15 is 0 Å². The number of ether oxygens (including phenoxy) is 1. The number of esters is 1. The molecular weight excluding hydrogens is 719 g/mol. The van der Waals surface area contributed by atoms with Crippen LogP contribution in [0.4, 0.5) is 0 Å². The lowest BCUT2D eigenvalue weighted by Gasteiger charge is -2.24. The van der Waals surface area contributed by atoms with Crippen molar-refractivity contribution in [2.45, 2.75) is 289 Å². The highest BCUT2D eigenvalue weighted by atomic mass is 16.5. The number of carbonyl (C=O) groups is 2. The molecule has 0 bridgehead atoms. The molecule has 342 valence electrons. The summed E-state index contributed by atoms with van der Waals surface area (Å²) in [5, 5.41) is 23.7. The van der Waals surface area contributed by atoms with Crippen LogP contribution in [0.5, 0.6) is 0 Å². The molecule has 1 amide bonds. The molecule has 3 unspecified atom stereocenters. The molecule has 6 heteroatoms. The van der Waals surface area contributed by atoms with E-state index in [1.54, 1.807) is 0 Å². The summed E-state index contributed by atoms with van der Waals surface area (Å²) in [6.45, 7) is 6.46. The third-order valence-corrected chi connectivity index (χ3v) is 11.8. The largest absolute Gasteiger partial charge is 0.462 e. The van der Waals surface area contributed by atoms with E-state index in [9.17, 15) is 19.8 Å². The summed E-state index contributed by atoms with van der Waals surface area (Å²) in [6.07, 6.45) is 52.3. The Balaban J connectivity index is 4.57. The van der Waals surface area contributed by atoms with E-state index in [4.69, 9.17) is 4.74 Å². The minimum Gasteiger partial charge on any atom is -0.462 e. The summed E-state index contributed by atoms with van der Waals surface area (Å²) < 4.78 is 5.93. The second-order valence-electron chi connectivity index (χ2n) is 17.6. The number of unbranched alkanes of at least 4 members (excludes halogenated alkanes) is 30. The van der Waals surface area contributed by atoms with Crippen LogP contribution in [0.15, 0.2) is 24.3 Å². The van der Waals surface area contributed by atoms with Crippen molar-refractivity contribution >= 4 is 11.9 Å². The number of aliphatic hydroxyl groups is 2. The van der Waals surface area contributed by atoms with Crippen LogP contribution >= 0.6 is 0 Å². The second kappa shape index (κ2) is 46.4. The van der Waals surface area contributed by atoms with Crippen molar-refractivity contribution in [3.05, 3.63) is 24.3 Å². The quantitative estimate of drug-likeness (QED) is 0.0323. The Kier molecular flexibility index (Phi) is 45.1. The molecule has 0 spiro atoms. The Bertz CT molecular complexity index is 919. The number of amides is 1. The third kappa shape index (κ3) is 41.1. The van der Waals surface area contributed by atoms with Crippen molar-refractivity contribution < 1.29 is 24.5 Å². The summed E-state index contributed by atoms with van der Waals surface area (Å²) in [5.74, 6) is -0.477.